The van der Waals surface area contributed by atoms with Gasteiger partial charge in [-0.05, 0) is 30.5 Å². The van der Waals surface area contributed by atoms with Gasteiger partial charge in [-0.1, -0.05) is 0 Å². The van der Waals surface area contributed by atoms with Crippen molar-refractivity contribution in [3.05, 3.63) is 30.1 Å². The van der Waals surface area contributed by atoms with Crippen LogP contribution >= 0.6 is 0 Å². The zero-order chi connectivity index (χ0) is 9.10. The zero-order valence-corrected chi connectivity index (χ0v) is 7.52. The van der Waals surface area contributed by atoms with E-state index in [1.165, 1.54) is 0 Å². The molecule has 2 N–H and O–H groups in total. The molecule has 0 unspecified atom stereocenters. The molecule has 70 valence electrons. The molecule has 0 spiro atoms. The fraction of sp³-hybridized carbons (Fsp3) is 0.500. The molecule has 0 aromatic carbocycles. The molecule has 0 bridgehead atoms. The Hall–Kier alpha value is -0.930. The van der Waals surface area contributed by atoms with E-state index in [2.05, 4.69) is 4.98 Å². The molecule has 1 aliphatic heterocycles. The summed E-state index contributed by atoms with van der Waals surface area (Å²) in [7, 11) is 0. The van der Waals surface area contributed by atoms with Gasteiger partial charge in [0.1, 0.15) is 0 Å². The van der Waals surface area contributed by atoms with Gasteiger partial charge in [-0.3, -0.25) is 4.98 Å². The number of rotatable bonds is 1. The molecule has 1 fully saturated rings. The number of hydrogen-bond acceptors (Lipinski definition) is 3. The second-order valence-corrected chi connectivity index (χ2v) is 3.38. The van der Waals surface area contributed by atoms with Crippen LogP contribution in [0.5, 0.6) is 0 Å². The number of nitrogens with two attached hydrogens (primary N) is 1. The first kappa shape index (κ1) is 8.66. The Morgan fingerprint density at radius 2 is 2.15 bits per heavy atom. The van der Waals surface area contributed by atoms with Crippen molar-refractivity contribution in [3.63, 3.8) is 0 Å². The maximum Gasteiger partial charge on any atom is 0.0976 e. The highest BCUT2D eigenvalue weighted by atomic mass is 16.5. The van der Waals surface area contributed by atoms with Crippen LogP contribution in [-0.2, 0) is 4.74 Å². The van der Waals surface area contributed by atoms with Crippen molar-refractivity contribution in [3.8, 4) is 0 Å². The number of nitrogens with zero attached hydrogens (tertiary/aromatic N) is 1. The van der Waals surface area contributed by atoms with E-state index in [0.29, 0.717) is 0 Å². The van der Waals surface area contributed by atoms with Crippen molar-refractivity contribution in [2.45, 2.75) is 25.0 Å². The second kappa shape index (κ2) is 3.85. The fourth-order valence-corrected chi connectivity index (χ4v) is 1.70. The molecule has 2 rings (SSSR count). The van der Waals surface area contributed by atoms with Gasteiger partial charge in [-0.25, -0.2) is 0 Å². The molecule has 2 atom stereocenters. The van der Waals surface area contributed by atoms with Crippen LogP contribution in [0.4, 0.5) is 0 Å². The van der Waals surface area contributed by atoms with Gasteiger partial charge < -0.3 is 10.5 Å². The SMILES string of the molecule is N[C@H]1CCCO[C@H]1c1ccncc1. The molecule has 3 nitrogen and oxygen atoms in total. The molecule has 1 aromatic heterocycles. The van der Waals surface area contributed by atoms with Gasteiger partial charge in [0, 0.05) is 25.0 Å². The van der Waals surface area contributed by atoms with E-state index < -0.39 is 0 Å². The van der Waals surface area contributed by atoms with Gasteiger partial charge in [0.15, 0.2) is 0 Å². The lowest BCUT2D eigenvalue weighted by Gasteiger charge is -2.29. The first-order chi connectivity index (χ1) is 6.38. The molecular weight excluding hydrogens is 164 g/mol. The van der Waals surface area contributed by atoms with Crippen molar-refractivity contribution >= 4 is 0 Å². The van der Waals surface area contributed by atoms with Crippen LogP contribution in [0.25, 0.3) is 0 Å². The minimum Gasteiger partial charge on any atom is -0.372 e. The van der Waals surface area contributed by atoms with Gasteiger partial charge in [0.2, 0.25) is 0 Å². The Balaban J connectivity index is 2.15. The zero-order valence-electron chi connectivity index (χ0n) is 7.52. The lowest BCUT2D eigenvalue weighted by Crippen LogP contribution is -2.34. The van der Waals surface area contributed by atoms with E-state index in [-0.39, 0.29) is 12.1 Å². The summed E-state index contributed by atoms with van der Waals surface area (Å²) in [5.74, 6) is 0. The van der Waals surface area contributed by atoms with Gasteiger partial charge in [0.05, 0.1) is 6.10 Å². The smallest absolute Gasteiger partial charge is 0.0976 e. The molecule has 0 amide bonds. The molecule has 13 heavy (non-hydrogen) atoms. The largest absolute Gasteiger partial charge is 0.372 e. The summed E-state index contributed by atoms with van der Waals surface area (Å²) in [6.07, 6.45) is 5.74. The van der Waals surface area contributed by atoms with Crippen LogP contribution in [0.2, 0.25) is 0 Å². The lowest BCUT2D eigenvalue weighted by atomic mass is 9.98. The van der Waals surface area contributed by atoms with Gasteiger partial charge in [0.25, 0.3) is 0 Å². The maximum atomic E-state index is 5.97. The molecule has 0 radical (unpaired) electrons. The van der Waals surface area contributed by atoms with E-state index in [1.54, 1.807) is 12.4 Å². The molecule has 1 aromatic rings. The number of hydrogen-bond donors (Lipinski definition) is 1. The van der Waals surface area contributed by atoms with Crippen molar-refractivity contribution in [2.24, 2.45) is 5.73 Å². The Labute approximate surface area is 77.9 Å². The maximum absolute atomic E-state index is 5.97. The van der Waals surface area contributed by atoms with Crippen molar-refractivity contribution in [2.75, 3.05) is 6.61 Å². The predicted molar refractivity (Wildman–Crippen MR) is 50.1 cm³/mol. The third-order valence-corrected chi connectivity index (χ3v) is 2.40. The van der Waals surface area contributed by atoms with Crippen LogP contribution in [0.1, 0.15) is 24.5 Å². The highest BCUT2D eigenvalue weighted by Crippen LogP contribution is 2.26. The van der Waals surface area contributed by atoms with E-state index in [9.17, 15) is 0 Å². The molecule has 0 aliphatic carbocycles. The molecule has 0 saturated carbocycles. The minimum absolute atomic E-state index is 0.0664. The summed E-state index contributed by atoms with van der Waals surface area (Å²) in [5, 5.41) is 0. The van der Waals surface area contributed by atoms with Crippen LogP contribution in [0.3, 0.4) is 0 Å². The Morgan fingerprint density at radius 3 is 2.85 bits per heavy atom. The highest BCUT2D eigenvalue weighted by Gasteiger charge is 2.23. The number of aromatic nitrogens is 1. The van der Waals surface area contributed by atoms with Crippen LogP contribution < -0.4 is 5.73 Å². The second-order valence-electron chi connectivity index (χ2n) is 3.38. The van der Waals surface area contributed by atoms with Crippen LogP contribution in [-0.4, -0.2) is 17.6 Å². The Kier molecular flexibility index (Phi) is 2.57. The first-order valence-corrected chi connectivity index (χ1v) is 4.65. The molecule has 2 heterocycles. The molecule has 1 aliphatic rings. The van der Waals surface area contributed by atoms with Gasteiger partial charge in [-0.15, -0.1) is 0 Å². The van der Waals surface area contributed by atoms with Crippen molar-refractivity contribution < 1.29 is 4.74 Å². The number of pyridine rings is 1. The minimum atomic E-state index is 0.0664. The molecule has 3 heteroatoms. The standard InChI is InChI=1S/C10H14N2O/c11-9-2-1-7-13-10(9)8-3-5-12-6-4-8/h3-6,9-10H,1-2,7,11H2/t9-,10-/m0/s1. The normalized spacial score (nSPS) is 28.7. The first-order valence-electron chi connectivity index (χ1n) is 4.65. The Morgan fingerprint density at radius 1 is 1.38 bits per heavy atom. The summed E-state index contributed by atoms with van der Waals surface area (Å²) in [6, 6.07) is 4.07. The van der Waals surface area contributed by atoms with Gasteiger partial charge >= 0.3 is 0 Å². The summed E-state index contributed by atoms with van der Waals surface area (Å²) in [5.41, 5.74) is 7.11. The summed E-state index contributed by atoms with van der Waals surface area (Å²) >= 11 is 0. The third kappa shape index (κ3) is 1.87. The summed E-state index contributed by atoms with van der Waals surface area (Å²) in [6.45, 7) is 0.820. The van der Waals surface area contributed by atoms with E-state index >= 15 is 0 Å². The average Bonchev–Trinajstić information content (AvgIpc) is 2.20. The van der Waals surface area contributed by atoms with E-state index in [1.807, 2.05) is 12.1 Å². The third-order valence-electron chi connectivity index (χ3n) is 2.40. The lowest BCUT2D eigenvalue weighted by molar-refractivity contribution is 0.000101. The van der Waals surface area contributed by atoms with Crippen molar-refractivity contribution in [1.82, 2.24) is 4.98 Å². The molecule has 1 saturated heterocycles. The topological polar surface area (TPSA) is 48.1 Å². The van der Waals surface area contributed by atoms with Crippen LogP contribution in [0, 0.1) is 0 Å². The molecular formula is C10H14N2O. The summed E-state index contributed by atoms with van der Waals surface area (Å²) < 4.78 is 5.62. The van der Waals surface area contributed by atoms with Crippen molar-refractivity contribution in [1.29, 1.82) is 0 Å². The Bertz CT molecular complexity index is 263. The average molecular weight is 178 g/mol. The van der Waals surface area contributed by atoms with E-state index in [0.717, 1.165) is 25.0 Å². The monoisotopic (exact) mass is 178 g/mol. The van der Waals surface area contributed by atoms with Crippen LogP contribution in [0.15, 0.2) is 24.5 Å². The quantitative estimate of drug-likeness (QED) is 0.704. The highest BCUT2D eigenvalue weighted by molar-refractivity contribution is 5.15. The predicted octanol–water partition coefficient (Wildman–Crippen LogP) is 1.26. The number of ether oxygens (including phenoxy) is 1. The van der Waals surface area contributed by atoms with Gasteiger partial charge in [-0.2, -0.15) is 0 Å². The summed E-state index contributed by atoms with van der Waals surface area (Å²) in [4.78, 5) is 3.97. The van der Waals surface area contributed by atoms with E-state index in [4.69, 9.17) is 10.5 Å². The fourth-order valence-electron chi connectivity index (χ4n) is 1.70.